The van der Waals surface area contributed by atoms with E-state index in [-0.39, 0.29) is 12.6 Å². The molecule has 0 aromatic heterocycles. The molecule has 1 unspecified atom stereocenters. The molecule has 1 heterocycles. The second-order valence-corrected chi connectivity index (χ2v) is 4.50. The van der Waals surface area contributed by atoms with Crippen molar-refractivity contribution in [1.29, 1.82) is 0 Å². The van der Waals surface area contributed by atoms with Gasteiger partial charge in [0.2, 0.25) is 5.91 Å². The van der Waals surface area contributed by atoms with Crippen molar-refractivity contribution in [2.75, 3.05) is 6.54 Å². The molecule has 1 aromatic rings. The molecule has 104 valence electrons. The van der Waals surface area contributed by atoms with Gasteiger partial charge in [0.1, 0.15) is 6.42 Å². The number of carbonyl (C=O) groups is 1. The van der Waals surface area contributed by atoms with Gasteiger partial charge in [-0.15, -0.1) is 0 Å². The van der Waals surface area contributed by atoms with E-state index in [1.165, 1.54) is 0 Å². The Labute approximate surface area is 108 Å². The number of halogens is 3. The lowest BCUT2D eigenvalue weighted by atomic mass is 9.99. The fourth-order valence-corrected chi connectivity index (χ4v) is 2.01. The molecule has 6 heteroatoms. The van der Waals surface area contributed by atoms with Crippen molar-refractivity contribution in [1.82, 2.24) is 5.32 Å². The van der Waals surface area contributed by atoms with Crippen LogP contribution in [-0.2, 0) is 22.6 Å². The molecule has 0 aliphatic carbocycles. The first-order valence-corrected chi connectivity index (χ1v) is 5.96. The number of nitrogens with one attached hydrogen (secondary N) is 1. The largest absolute Gasteiger partial charge is 0.397 e. The van der Waals surface area contributed by atoms with Crippen LogP contribution in [0.25, 0.3) is 0 Å². The van der Waals surface area contributed by atoms with Crippen molar-refractivity contribution >= 4 is 5.91 Å². The Morgan fingerprint density at radius 1 is 1.32 bits per heavy atom. The van der Waals surface area contributed by atoms with Gasteiger partial charge in [0, 0.05) is 13.0 Å². The number of amides is 1. The van der Waals surface area contributed by atoms with Crippen LogP contribution in [0.2, 0.25) is 0 Å². The number of hydrogen-bond donors (Lipinski definition) is 1. The smallest absolute Gasteiger partial charge is 0.371 e. The van der Waals surface area contributed by atoms with Crippen LogP contribution in [0.5, 0.6) is 0 Å². The van der Waals surface area contributed by atoms with Crippen LogP contribution in [0, 0.1) is 0 Å². The van der Waals surface area contributed by atoms with Crippen LogP contribution in [-0.4, -0.2) is 24.7 Å². The highest BCUT2D eigenvalue weighted by Crippen LogP contribution is 2.21. The van der Waals surface area contributed by atoms with E-state index in [1.54, 1.807) is 0 Å². The van der Waals surface area contributed by atoms with Crippen LogP contribution < -0.4 is 5.32 Å². The molecule has 2 rings (SSSR count). The normalized spacial score (nSPS) is 18.8. The van der Waals surface area contributed by atoms with E-state index in [4.69, 9.17) is 4.74 Å². The van der Waals surface area contributed by atoms with Gasteiger partial charge in [-0.25, -0.2) is 0 Å². The Morgan fingerprint density at radius 3 is 2.68 bits per heavy atom. The zero-order chi connectivity index (χ0) is 13.9. The summed E-state index contributed by atoms with van der Waals surface area (Å²) < 4.78 is 41.4. The molecule has 1 aromatic carbocycles. The highest BCUT2D eigenvalue weighted by molar-refractivity contribution is 5.76. The zero-order valence-corrected chi connectivity index (χ0v) is 10.2. The predicted molar refractivity (Wildman–Crippen MR) is 62.4 cm³/mol. The third-order valence-electron chi connectivity index (χ3n) is 2.93. The van der Waals surface area contributed by atoms with Gasteiger partial charge in [0.25, 0.3) is 0 Å². The summed E-state index contributed by atoms with van der Waals surface area (Å²) in [6.45, 7) is 0.527. The molecule has 1 aliphatic heterocycles. The monoisotopic (exact) mass is 273 g/mol. The van der Waals surface area contributed by atoms with E-state index in [0.717, 1.165) is 11.1 Å². The maximum atomic E-state index is 12.0. The summed E-state index contributed by atoms with van der Waals surface area (Å²) in [5.74, 6) is -1.02. The molecule has 1 aliphatic rings. The number of hydrogen-bond acceptors (Lipinski definition) is 2. The molecule has 0 fully saturated rings. The third-order valence-corrected chi connectivity index (χ3v) is 2.93. The lowest BCUT2D eigenvalue weighted by Gasteiger charge is -2.25. The Kier molecular flexibility index (Phi) is 4.09. The molecular formula is C13H14F3NO2. The maximum Gasteiger partial charge on any atom is 0.397 e. The Hall–Kier alpha value is -1.56. The lowest BCUT2D eigenvalue weighted by molar-refractivity contribution is -0.154. The second kappa shape index (κ2) is 5.61. The first-order valence-electron chi connectivity index (χ1n) is 5.96. The zero-order valence-electron chi connectivity index (χ0n) is 10.2. The number of carbonyl (C=O) groups excluding carboxylic acids is 1. The van der Waals surface area contributed by atoms with E-state index in [1.807, 2.05) is 24.3 Å². The van der Waals surface area contributed by atoms with Gasteiger partial charge in [-0.3, -0.25) is 4.79 Å². The van der Waals surface area contributed by atoms with Crippen LogP contribution >= 0.6 is 0 Å². The number of alkyl halides is 3. The topological polar surface area (TPSA) is 38.3 Å². The van der Waals surface area contributed by atoms with Crippen molar-refractivity contribution in [3.63, 3.8) is 0 Å². The van der Waals surface area contributed by atoms with Crippen LogP contribution in [0.15, 0.2) is 24.3 Å². The average Bonchev–Trinajstić information content (AvgIpc) is 2.34. The first kappa shape index (κ1) is 13.9. The number of benzene rings is 1. The van der Waals surface area contributed by atoms with E-state index in [9.17, 15) is 18.0 Å². The predicted octanol–water partition coefficient (Wildman–Crippen LogP) is 2.20. The summed E-state index contributed by atoms with van der Waals surface area (Å²) >= 11 is 0. The van der Waals surface area contributed by atoms with Gasteiger partial charge in [0.15, 0.2) is 0 Å². The summed E-state index contributed by atoms with van der Waals surface area (Å²) in [6, 6.07) is 7.73. The Morgan fingerprint density at radius 2 is 2.00 bits per heavy atom. The minimum Gasteiger partial charge on any atom is -0.371 e. The maximum absolute atomic E-state index is 12.0. The molecule has 1 atom stereocenters. The summed E-state index contributed by atoms with van der Waals surface area (Å²) in [4.78, 5) is 11.1. The fourth-order valence-electron chi connectivity index (χ4n) is 2.01. The standard InChI is InChI=1S/C13H14F3NO2/c14-13(15,16)6-12(18)17-7-11-5-9-3-1-2-4-10(9)8-19-11/h1-4,11H,5-8H2,(H,17,18). The Balaban J connectivity index is 1.81. The van der Waals surface area contributed by atoms with Crippen molar-refractivity contribution in [2.24, 2.45) is 0 Å². The number of fused-ring (bicyclic) bond motifs is 1. The molecule has 19 heavy (non-hydrogen) atoms. The number of ether oxygens (including phenoxy) is 1. The lowest BCUT2D eigenvalue weighted by Crippen LogP contribution is -2.38. The van der Waals surface area contributed by atoms with E-state index in [2.05, 4.69) is 5.32 Å². The summed E-state index contributed by atoms with van der Waals surface area (Å²) in [7, 11) is 0. The quantitative estimate of drug-likeness (QED) is 0.916. The molecular weight excluding hydrogens is 259 g/mol. The molecule has 0 bridgehead atoms. The van der Waals surface area contributed by atoms with Gasteiger partial charge < -0.3 is 10.1 Å². The van der Waals surface area contributed by atoms with Gasteiger partial charge >= 0.3 is 6.18 Å². The highest BCUT2D eigenvalue weighted by atomic mass is 19.4. The second-order valence-electron chi connectivity index (χ2n) is 4.50. The van der Waals surface area contributed by atoms with Gasteiger partial charge in [-0.05, 0) is 11.1 Å². The molecule has 0 saturated carbocycles. The molecule has 1 N–H and O–H groups in total. The van der Waals surface area contributed by atoms with E-state index < -0.39 is 18.5 Å². The highest BCUT2D eigenvalue weighted by Gasteiger charge is 2.31. The minimum absolute atomic E-state index is 0.100. The van der Waals surface area contributed by atoms with Gasteiger partial charge in [-0.1, -0.05) is 24.3 Å². The fraction of sp³-hybridized carbons (Fsp3) is 0.462. The van der Waals surface area contributed by atoms with Crippen molar-refractivity contribution in [2.45, 2.75) is 31.7 Å². The third kappa shape index (κ3) is 4.24. The molecule has 0 radical (unpaired) electrons. The van der Waals surface area contributed by atoms with Crippen molar-refractivity contribution in [3.05, 3.63) is 35.4 Å². The van der Waals surface area contributed by atoms with Crippen molar-refractivity contribution in [3.8, 4) is 0 Å². The van der Waals surface area contributed by atoms with Crippen LogP contribution in [0.1, 0.15) is 17.5 Å². The summed E-state index contributed by atoms with van der Waals surface area (Å²) in [5, 5.41) is 2.26. The number of rotatable bonds is 3. The van der Waals surface area contributed by atoms with E-state index >= 15 is 0 Å². The minimum atomic E-state index is -4.47. The van der Waals surface area contributed by atoms with Gasteiger partial charge in [-0.2, -0.15) is 13.2 Å². The molecule has 0 spiro atoms. The first-order chi connectivity index (χ1) is 8.94. The van der Waals surface area contributed by atoms with Crippen molar-refractivity contribution < 1.29 is 22.7 Å². The summed E-state index contributed by atoms with van der Waals surface area (Å²) in [6.07, 6.45) is -5.59. The van der Waals surface area contributed by atoms with Gasteiger partial charge in [0.05, 0.1) is 12.7 Å². The average molecular weight is 273 g/mol. The molecule has 1 amide bonds. The van der Waals surface area contributed by atoms with Crippen LogP contribution in [0.4, 0.5) is 13.2 Å². The SMILES string of the molecule is O=C(CC(F)(F)F)NCC1Cc2ccccc2CO1. The molecule has 0 saturated heterocycles. The molecule has 3 nitrogen and oxygen atoms in total. The Bertz CT molecular complexity index is 459. The summed E-state index contributed by atoms with van der Waals surface area (Å²) in [5.41, 5.74) is 2.20. The van der Waals surface area contributed by atoms with E-state index in [0.29, 0.717) is 13.0 Å². The van der Waals surface area contributed by atoms with Crippen LogP contribution in [0.3, 0.4) is 0 Å².